The summed E-state index contributed by atoms with van der Waals surface area (Å²) in [5.74, 6) is -1.23. The van der Waals surface area contributed by atoms with E-state index in [9.17, 15) is 18.4 Å². The Hall–Kier alpha value is -2.69. The highest BCUT2D eigenvalue weighted by Crippen LogP contribution is 2.25. The van der Waals surface area contributed by atoms with Crippen molar-refractivity contribution in [3.63, 3.8) is 0 Å². The van der Waals surface area contributed by atoms with Crippen molar-refractivity contribution in [1.29, 1.82) is 0 Å². The molecule has 3 atom stereocenters. The van der Waals surface area contributed by atoms with E-state index in [1.165, 1.54) is 17.7 Å². The fourth-order valence-electron chi connectivity index (χ4n) is 5.90. The molecule has 1 aliphatic carbocycles. The van der Waals surface area contributed by atoms with Gasteiger partial charge in [0.1, 0.15) is 17.7 Å². The maximum atomic E-state index is 14.4. The Kier molecular flexibility index (Phi) is 17.6. The molecule has 3 N–H and O–H groups in total. The molecule has 1 aliphatic heterocycles. The van der Waals surface area contributed by atoms with Crippen molar-refractivity contribution >= 4 is 23.8 Å². The zero-order valence-corrected chi connectivity index (χ0v) is 29.3. The van der Waals surface area contributed by atoms with Gasteiger partial charge in [-0.25, -0.2) is 13.6 Å². The van der Waals surface area contributed by atoms with Crippen LogP contribution in [0.15, 0.2) is 53.6 Å². The number of amides is 2. The first kappa shape index (κ1) is 38.8. The molecule has 0 spiro atoms. The SMILES string of the molecule is CCCC(CCC)SCC(CNC(=O)OC1CCOC1)C(=O)N(CC[C@@H](N)Cc1cc(F)cc(F)c1)C/C1=C/C/C(CC)=C\CC=C1. The summed E-state index contributed by atoms with van der Waals surface area (Å²) in [7, 11) is 0. The summed E-state index contributed by atoms with van der Waals surface area (Å²) in [5, 5.41) is 3.30. The van der Waals surface area contributed by atoms with E-state index in [0.29, 0.717) is 55.7 Å². The predicted octanol–water partition coefficient (Wildman–Crippen LogP) is 7.50. The molecule has 262 valence electrons. The van der Waals surface area contributed by atoms with Gasteiger partial charge in [-0.05, 0) is 68.2 Å². The lowest BCUT2D eigenvalue weighted by atomic mass is 10.0. The minimum Gasteiger partial charge on any atom is -0.444 e. The largest absolute Gasteiger partial charge is 0.444 e. The molecule has 1 fully saturated rings. The Balaban J connectivity index is 1.79. The second-order valence-corrected chi connectivity index (χ2v) is 14.0. The average Bonchev–Trinajstić information content (AvgIpc) is 3.52. The number of carbonyl (C=O) groups excluding carboxylic acids is 2. The molecule has 3 rings (SSSR count). The van der Waals surface area contributed by atoms with Gasteiger partial charge in [0.2, 0.25) is 5.91 Å². The second kappa shape index (κ2) is 21.3. The van der Waals surface area contributed by atoms with Gasteiger partial charge >= 0.3 is 6.09 Å². The Morgan fingerprint density at radius 1 is 1.11 bits per heavy atom. The fraction of sp³-hybridized carbons (Fsp3) is 0.622. The van der Waals surface area contributed by atoms with Crippen LogP contribution in [0.1, 0.15) is 84.1 Å². The van der Waals surface area contributed by atoms with Crippen LogP contribution >= 0.6 is 11.8 Å². The molecule has 1 saturated heterocycles. The number of hydrogen-bond donors (Lipinski definition) is 2. The van der Waals surface area contributed by atoms with Gasteiger partial charge in [0.15, 0.2) is 0 Å². The van der Waals surface area contributed by atoms with Crippen molar-refractivity contribution in [3.05, 3.63) is 70.8 Å². The van der Waals surface area contributed by atoms with Crippen LogP contribution in [-0.4, -0.2) is 72.9 Å². The van der Waals surface area contributed by atoms with Gasteiger partial charge < -0.3 is 25.4 Å². The minimum atomic E-state index is -0.635. The molecule has 0 saturated carbocycles. The third-order valence-corrected chi connectivity index (χ3v) is 10.1. The Morgan fingerprint density at radius 3 is 2.51 bits per heavy atom. The number of nitrogens with zero attached hydrogens (tertiary/aromatic N) is 1. The van der Waals surface area contributed by atoms with Crippen LogP contribution in [0.3, 0.4) is 0 Å². The van der Waals surface area contributed by atoms with Crippen molar-refractivity contribution in [2.45, 2.75) is 102 Å². The summed E-state index contributed by atoms with van der Waals surface area (Å²) in [6.07, 6.45) is 16.1. The lowest BCUT2D eigenvalue weighted by molar-refractivity contribution is -0.134. The van der Waals surface area contributed by atoms with Gasteiger partial charge in [-0.2, -0.15) is 11.8 Å². The maximum Gasteiger partial charge on any atom is 0.407 e. The Labute approximate surface area is 284 Å². The van der Waals surface area contributed by atoms with E-state index in [2.05, 4.69) is 50.4 Å². The number of hydrogen-bond acceptors (Lipinski definition) is 6. The highest BCUT2D eigenvalue weighted by Gasteiger charge is 2.28. The molecule has 2 unspecified atom stereocenters. The first-order valence-electron chi connectivity index (χ1n) is 17.4. The number of thioether (sulfide) groups is 1. The number of rotatable bonds is 19. The third-order valence-electron chi connectivity index (χ3n) is 8.59. The van der Waals surface area contributed by atoms with E-state index in [1.807, 2.05) is 4.90 Å². The molecule has 2 amide bonds. The number of allylic oxidation sites excluding steroid dienone is 4. The number of alkyl carbamates (subject to hydrolysis) is 1. The fourth-order valence-corrected chi connectivity index (χ4v) is 7.47. The number of nitrogens with two attached hydrogens (primary N) is 1. The highest BCUT2D eigenvalue weighted by atomic mass is 32.2. The van der Waals surface area contributed by atoms with E-state index in [0.717, 1.165) is 56.6 Å². The quantitative estimate of drug-likeness (QED) is 0.148. The van der Waals surface area contributed by atoms with Crippen molar-refractivity contribution < 1.29 is 27.8 Å². The lowest BCUT2D eigenvalue weighted by Gasteiger charge is -2.30. The molecule has 7 nitrogen and oxygen atoms in total. The van der Waals surface area contributed by atoms with Gasteiger partial charge in [-0.1, -0.05) is 63.5 Å². The number of carbonyl (C=O) groups is 2. The topological polar surface area (TPSA) is 93.9 Å². The van der Waals surface area contributed by atoms with Crippen molar-refractivity contribution in [3.8, 4) is 0 Å². The number of ether oxygens (including phenoxy) is 2. The molecule has 1 aromatic rings. The summed E-state index contributed by atoms with van der Waals surface area (Å²) in [6, 6.07) is 3.04. The monoisotopic (exact) mass is 675 g/mol. The van der Waals surface area contributed by atoms with Crippen LogP contribution in [0, 0.1) is 17.6 Å². The molecular weight excluding hydrogens is 620 g/mol. The first-order valence-corrected chi connectivity index (χ1v) is 18.4. The predicted molar refractivity (Wildman–Crippen MR) is 187 cm³/mol. The summed E-state index contributed by atoms with van der Waals surface area (Å²) < 4.78 is 38.5. The minimum absolute atomic E-state index is 0.0552. The van der Waals surface area contributed by atoms with Crippen LogP contribution in [-0.2, 0) is 20.7 Å². The van der Waals surface area contributed by atoms with E-state index in [4.69, 9.17) is 15.2 Å². The molecule has 10 heteroatoms. The zero-order chi connectivity index (χ0) is 34.0. The van der Waals surface area contributed by atoms with Crippen LogP contribution < -0.4 is 11.1 Å². The highest BCUT2D eigenvalue weighted by molar-refractivity contribution is 7.99. The Morgan fingerprint density at radius 2 is 1.85 bits per heavy atom. The Bertz CT molecular complexity index is 1190. The van der Waals surface area contributed by atoms with E-state index in [-0.39, 0.29) is 25.0 Å². The number of nitrogens with one attached hydrogen (secondary N) is 1. The van der Waals surface area contributed by atoms with E-state index < -0.39 is 29.7 Å². The molecule has 1 heterocycles. The van der Waals surface area contributed by atoms with E-state index in [1.54, 1.807) is 11.8 Å². The van der Waals surface area contributed by atoms with Gasteiger partial charge in [0, 0.05) is 49.2 Å². The standard InChI is InChI=1S/C37H55F2N3O4S/c1-4-9-35(10-5-2)47-26-30(23-41-37(44)46-34-16-18-45-25-34)36(43)42(24-28-12-8-7-11-27(6-3)13-14-28)17-15-33(40)21-29-19-31(38)22-32(39)20-29/h8,11-12,14,19-20,22,30,33-35H,4-7,9-10,13,15-18,21,23-26,40H2,1-3H3,(H,41,44)/b12-8?,27-11-,28-14+/t30?,33-,34?/m1/s1. The second-order valence-electron chi connectivity index (χ2n) is 12.6. The van der Waals surface area contributed by atoms with Gasteiger partial charge in [0.05, 0.1) is 19.1 Å². The van der Waals surface area contributed by atoms with Crippen molar-refractivity contribution in [1.82, 2.24) is 10.2 Å². The molecule has 47 heavy (non-hydrogen) atoms. The molecule has 2 aliphatic rings. The van der Waals surface area contributed by atoms with E-state index >= 15 is 0 Å². The number of halogens is 2. The van der Waals surface area contributed by atoms with Gasteiger partial charge in [-0.3, -0.25) is 4.79 Å². The van der Waals surface area contributed by atoms with Crippen LogP contribution in [0.2, 0.25) is 0 Å². The first-order chi connectivity index (χ1) is 22.7. The lowest BCUT2D eigenvalue weighted by Crippen LogP contribution is -2.45. The molecule has 0 aromatic heterocycles. The summed E-state index contributed by atoms with van der Waals surface area (Å²) in [5.41, 5.74) is 9.37. The normalized spacial score (nSPS) is 20.0. The average molecular weight is 676 g/mol. The van der Waals surface area contributed by atoms with Crippen LogP contribution in [0.5, 0.6) is 0 Å². The maximum absolute atomic E-state index is 14.4. The molecular formula is C37H55F2N3O4S. The van der Waals surface area contributed by atoms with Crippen molar-refractivity contribution in [2.24, 2.45) is 11.7 Å². The third kappa shape index (κ3) is 14.5. The molecule has 1 aromatic carbocycles. The van der Waals surface area contributed by atoms with Gasteiger partial charge in [-0.15, -0.1) is 0 Å². The van der Waals surface area contributed by atoms with Crippen LogP contribution in [0.25, 0.3) is 0 Å². The zero-order valence-electron chi connectivity index (χ0n) is 28.5. The molecule has 0 bridgehead atoms. The molecule has 0 radical (unpaired) electrons. The summed E-state index contributed by atoms with van der Waals surface area (Å²) >= 11 is 1.80. The van der Waals surface area contributed by atoms with Crippen molar-refractivity contribution in [2.75, 3.05) is 38.6 Å². The number of benzene rings is 1. The van der Waals surface area contributed by atoms with Crippen LogP contribution in [0.4, 0.5) is 13.6 Å². The smallest absolute Gasteiger partial charge is 0.407 e. The van der Waals surface area contributed by atoms with Gasteiger partial charge in [0.25, 0.3) is 0 Å². The summed E-state index contributed by atoms with van der Waals surface area (Å²) in [4.78, 5) is 29.0. The summed E-state index contributed by atoms with van der Waals surface area (Å²) in [6.45, 7) is 8.39.